The van der Waals surface area contributed by atoms with Crippen molar-refractivity contribution in [2.45, 2.75) is 51.5 Å². The average Bonchev–Trinajstić information content (AvgIpc) is 2.79. The van der Waals surface area contributed by atoms with Crippen molar-refractivity contribution in [3.05, 3.63) is 15.6 Å². The lowest BCUT2D eigenvalue weighted by Crippen LogP contribution is -2.39. The summed E-state index contributed by atoms with van der Waals surface area (Å²) in [4.78, 5) is 29.5. The second-order valence-corrected chi connectivity index (χ2v) is 6.38. The fraction of sp³-hybridized carbons (Fsp3) is 0.643. The topological polar surface area (TPSA) is 70.5 Å². The Bertz CT molecular complexity index is 507. The fourth-order valence-corrected chi connectivity index (χ4v) is 3.55. The summed E-state index contributed by atoms with van der Waals surface area (Å²) in [5.41, 5.74) is 0.491. The third-order valence-corrected chi connectivity index (χ3v) is 5.00. The Balaban J connectivity index is 2.00. The summed E-state index contributed by atoms with van der Waals surface area (Å²) in [6.45, 7) is 1.67. The number of aryl methyl sites for hydroxylation is 1. The van der Waals surface area contributed by atoms with Gasteiger partial charge >= 0.3 is 5.97 Å². The quantitative estimate of drug-likeness (QED) is 0.926. The smallest absolute Gasteiger partial charge is 0.347 e. The normalized spacial score (nSPS) is 16.1. The predicted molar refractivity (Wildman–Crippen MR) is 77.2 cm³/mol. The highest BCUT2D eigenvalue weighted by Crippen LogP contribution is 2.23. The molecule has 110 valence electrons. The van der Waals surface area contributed by atoms with Crippen LogP contribution in [-0.2, 0) is 11.2 Å². The maximum Gasteiger partial charge on any atom is 0.347 e. The van der Waals surface area contributed by atoms with Crippen LogP contribution in [0.5, 0.6) is 0 Å². The number of amides is 1. The maximum absolute atomic E-state index is 12.2. The van der Waals surface area contributed by atoms with E-state index in [1.807, 2.05) is 11.9 Å². The molecule has 1 fully saturated rings. The minimum absolute atomic E-state index is 0.0302. The van der Waals surface area contributed by atoms with Crippen LogP contribution in [0.25, 0.3) is 0 Å². The minimum atomic E-state index is -0.973. The summed E-state index contributed by atoms with van der Waals surface area (Å²) >= 11 is 1.10. The zero-order valence-electron chi connectivity index (χ0n) is 11.9. The van der Waals surface area contributed by atoms with Crippen LogP contribution in [0.4, 0.5) is 0 Å². The standard InChI is InChI=1S/C14H20N2O3S/c1-9-13(14(18)19)20-11(15-9)8-12(17)16(2)10-6-4-3-5-7-10/h10H,3-8H2,1-2H3,(H,18,19). The van der Waals surface area contributed by atoms with Crippen LogP contribution in [0.2, 0.25) is 0 Å². The molecule has 0 aliphatic heterocycles. The lowest BCUT2D eigenvalue weighted by molar-refractivity contribution is -0.131. The molecule has 1 saturated carbocycles. The van der Waals surface area contributed by atoms with Crippen molar-refractivity contribution in [2.24, 2.45) is 0 Å². The molecule has 0 bridgehead atoms. The summed E-state index contributed by atoms with van der Waals surface area (Å²) in [7, 11) is 1.84. The summed E-state index contributed by atoms with van der Waals surface area (Å²) in [5, 5.41) is 9.59. The third-order valence-electron chi connectivity index (χ3n) is 3.85. The number of thiazole rings is 1. The monoisotopic (exact) mass is 296 g/mol. The van der Waals surface area contributed by atoms with Crippen molar-refractivity contribution >= 4 is 23.2 Å². The summed E-state index contributed by atoms with van der Waals surface area (Å²) < 4.78 is 0. The number of aromatic nitrogens is 1. The van der Waals surface area contributed by atoms with Crippen molar-refractivity contribution in [2.75, 3.05) is 7.05 Å². The summed E-state index contributed by atoms with van der Waals surface area (Å²) in [6, 6.07) is 0.330. The number of hydrogen-bond acceptors (Lipinski definition) is 4. The van der Waals surface area contributed by atoms with Gasteiger partial charge in [0.2, 0.25) is 5.91 Å². The molecule has 1 aromatic heterocycles. The first-order valence-electron chi connectivity index (χ1n) is 6.94. The van der Waals surface area contributed by atoms with Gasteiger partial charge < -0.3 is 10.0 Å². The van der Waals surface area contributed by atoms with Crippen LogP contribution < -0.4 is 0 Å². The highest BCUT2D eigenvalue weighted by Gasteiger charge is 2.23. The average molecular weight is 296 g/mol. The predicted octanol–water partition coefficient (Wildman–Crippen LogP) is 2.48. The van der Waals surface area contributed by atoms with Gasteiger partial charge in [0.05, 0.1) is 12.1 Å². The second-order valence-electron chi connectivity index (χ2n) is 5.30. The fourth-order valence-electron chi connectivity index (χ4n) is 2.65. The van der Waals surface area contributed by atoms with Gasteiger partial charge in [0.1, 0.15) is 9.88 Å². The number of carbonyl (C=O) groups excluding carboxylic acids is 1. The van der Waals surface area contributed by atoms with Crippen LogP contribution in [-0.4, -0.2) is 40.0 Å². The summed E-state index contributed by atoms with van der Waals surface area (Å²) in [6.07, 6.45) is 5.96. The lowest BCUT2D eigenvalue weighted by atomic mass is 9.94. The lowest BCUT2D eigenvalue weighted by Gasteiger charge is -2.31. The van der Waals surface area contributed by atoms with E-state index >= 15 is 0 Å². The Morgan fingerprint density at radius 3 is 2.55 bits per heavy atom. The molecular formula is C14H20N2O3S. The SMILES string of the molecule is Cc1nc(CC(=O)N(C)C2CCCCC2)sc1C(=O)O. The van der Waals surface area contributed by atoms with Gasteiger partial charge in [-0.15, -0.1) is 11.3 Å². The highest BCUT2D eigenvalue weighted by atomic mass is 32.1. The Morgan fingerprint density at radius 1 is 1.35 bits per heavy atom. The molecule has 5 nitrogen and oxygen atoms in total. The molecule has 1 heterocycles. The van der Waals surface area contributed by atoms with Gasteiger partial charge in [-0.2, -0.15) is 0 Å². The molecule has 0 spiro atoms. The largest absolute Gasteiger partial charge is 0.477 e. The molecule has 0 saturated heterocycles. The molecule has 20 heavy (non-hydrogen) atoms. The van der Waals surface area contributed by atoms with Gasteiger partial charge in [-0.05, 0) is 19.8 Å². The van der Waals surface area contributed by atoms with E-state index in [0.29, 0.717) is 16.7 Å². The van der Waals surface area contributed by atoms with E-state index in [9.17, 15) is 9.59 Å². The number of aromatic carboxylic acids is 1. The zero-order chi connectivity index (χ0) is 14.7. The Labute approximate surface area is 122 Å². The van der Waals surface area contributed by atoms with Crippen LogP contribution in [0, 0.1) is 6.92 Å². The van der Waals surface area contributed by atoms with Gasteiger partial charge in [-0.3, -0.25) is 4.79 Å². The molecule has 0 radical (unpaired) electrons. The van der Waals surface area contributed by atoms with E-state index in [1.165, 1.54) is 19.3 Å². The van der Waals surface area contributed by atoms with Crippen LogP contribution in [0.15, 0.2) is 0 Å². The molecular weight excluding hydrogens is 276 g/mol. The van der Waals surface area contributed by atoms with Crippen LogP contribution >= 0.6 is 11.3 Å². The number of hydrogen-bond donors (Lipinski definition) is 1. The zero-order valence-corrected chi connectivity index (χ0v) is 12.7. The van der Waals surface area contributed by atoms with Crippen LogP contribution in [0.1, 0.15) is 52.5 Å². The first-order chi connectivity index (χ1) is 9.49. The van der Waals surface area contributed by atoms with E-state index in [4.69, 9.17) is 5.11 Å². The molecule has 1 amide bonds. The summed E-state index contributed by atoms with van der Waals surface area (Å²) in [5.74, 6) is -0.943. The molecule has 2 rings (SSSR count). The first kappa shape index (κ1) is 15.0. The van der Waals surface area contributed by atoms with Gasteiger partial charge in [0.25, 0.3) is 0 Å². The van der Waals surface area contributed by atoms with Crippen molar-refractivity contribution in [1.82, 2.24) is 9.88 Å². The Hall–Kier alpha value is -1.43. The molecule has 1 N–H and O–H groups in total. The molecule has 1 aliphatic rings. The van der Waals surface area contributed by atoms with Crippen molar-refractivity contribution in [3.63, 3.8) is 0 Å². The molecule has 1 aromatic rings. The maximum atomic E-state index is 12.2. The second kappa shape index (κ2) is 6.35. The Morgan fingerprint density at radius 2 is 2.00 bits per heavy atom. The first-order valence-corrected chi connectivity index (χ1v) is 7.76. The van der Waals surface area contributed by atoms with Crippen molar-refractivity contribution < 1.29 is 14.7 Å². The van der Waals surface area contributed by atoms with Crippen LogP contribution in [0.3, 0.4) is 0 Å². The van der Waals surface area contributed by atoms with E-state index < -0.39 is 5.97 Å². The van der Waals surface area contributed by atoms with Crippen molar-refractivity contribution in [3.8, 4) is 0 Å². The van der Waals surface area contributed by atoms with Gasteiger partial charge in [-0.1, -0.05) is 19.3 Å². The van der Waals surface area contributed by atoms with E-state index in [0.717, 1.165) is 24.2 Å². The van der Waals surface area contributed by atoms with Gasteiger partial charge in [0, 0.05) is 13.1 Å². The van der Waals surface area contributed by atoms with E-state index in [2.05, 4.69) is 4.98 Å². The minimum Gasteiger partial charge on any atom is -0.477 e. The van der Waals surface area contributed by atoms with E-state index in [1.54, 1.807) is 6.92 Å². The van der Waals surface area contributed by atoms with Crippen molar-refractivity contribution in [1.29, 1.82) is 0 Å². The number of likely N-dealkylation sites (N-methyl/N-ethyl adjacent to an activating group) is 1. The van der Waals surface area contributed by atoms with E-state index in [-0.39, 0.29) is 17.2 Å². The molecule has 0 atom stereocenters. The molecule has 1 aliphatic carbocycles. The molecule has 0 unspecified atom stereocenters. The highest BCUT2D eigenvalue weighted by molar-refractivity contribution is 7.13. The third kappa shape index (κ3) is 3.36. The number of carboxylic acid groups (broad SMARTS) is 1. The Kier molecular flexibility index (Phi) is 4.75. The number of carbonyl (C=O) groups is 2. The molecule has 6 heteroatoms. The number of rotatable bonds is 4. The van der Waals surface area contributed by atoms with Gasteiger partial charge in [-0.25, -0.2) is 9.78 Å². The number of carboxylic acids is 1. The van der Waals surface area contributed by atoms with Gasteiger partial charge in [0.15, 0.2) is 0 Å². The number of nitrogens with zero attached hydrogens (tertiary/aromatic N) is 2. The molecule has 0 aromatic carbocycles.